The molecule has 1 aromatic carbocycles. The Balaban J connectivity index is 1.94. The third-order valence-corrected chi connectivity index (χ3v) is 4.68. The second-order valence-electron chi connectivity index (χ2n) is 4.67. The van der Waals surface area contributed by atoms with E-state index in [0.717, 1.165) is 22.5 Å². The molecule has 4 heteroatoms. The van der Waals surface area contributed by atoms with Crippen LogP contribution in [0.3, 0.4) is 0 Å². The average Bonchev–Trinajstić information content (AvgIpc) is 2.88. The third kappa shape index (κ3) is 4.71. The molecule has 0 amide bonds. The number of thioether (sulfide) groups is 1. The van der Waals surface area contributed by atoms with E-state index in [4.69, 9.17) is 4.42 Å². The van der Waals surface area contributed by atoms with Gasteiger partial charge in [0.05, 0.1) is 12.0 Å². The molecule has 102 valence electrons. The molecular weight excluding hydrogens is 322 g/mol. The van der Waals surface area contributed by atoms with Crippen molar-refractivity contribution in [1.82, 2.24) is 5.32 Å². The minimum Gasteiger partial charge on any atom is -0.468 e. The summed E-state index contributed by atoms with van der Waals surface area (Å²) in [7, 11) is 0. The van der Waals surface area contributed by atoms with E-state index in [0.29, 0.717) is 6.04 Å². The number of hydrogen-bond donors (Lipinski definition) is 1. The van der Waals surface area contributed by atoms with Crippen LogP contribution in [0.2, 0.25) is 0 Å². The highest BCUT2D eigenvalue weighted by molar-refractivity contribution is 9.10. The Bertz CT molecular complexity index is 511. The summed E-state index contributed by atoms with van der Waals surface area (Å²) in [5, 5.41) is 3.42. The second kappa shape index (κ2) is 7.17. The molecular formula is C15H18BrNOS. The zero-order valence-electron chi connectivity index (χ0n) is 11.2. The number of halogens is 1. The van der Waals surface area contributed by atoms with E-state index in [9.17, 15) is 0 Å². The molecule has 2 nitrogen and oxygen atoms in total. The quantitative estimate of drug-likeness (QED) is 0.763. The van der Waals surface area contributed by atoms with Gasteiger partial charge in [0.15, 0.2) is 0 Å². The lowest BCUT2D eigenvalue weighted by Gasteiger charge is -2.10. The van der Waals surface area contributed by atoms with E-state index in [1.165, 1.54) is 10.5 Å². The molecule has 0 saturated carbocycles. The lowest BCUT2D eigenvalue weighted by atomic mass is 10.2. The highest BCUT2D eigenvalue weighted by Crippen LogP contribution is 2.30. The standard InChI is InChI=1S/C15H18BrNOS/c1-11(2)17-9-12-5-6-15(14(16)8-12)19-10-13-4-3-7-18-13/h3-8,11,17H,9-10H2,1-2H3. The summed E-state index contributed by atoms with van der Waals surface area (Å²) in [6.45, 7) is 5.21. The lowest BCUT2D eigenvalue weighted by molar-refractivity contribution is 0.530. The van der Waals surface area contributed by atoms with Crippen LogP contribution in [0.4, 0.5) is 0 Å². The van der Waals surface area contributed by atoms with Gasteiger partial charge in [-0.1, -0.05) is 19.9 Å². The van der Waals surface area contributed by atoms with E-state index in [-0.39, 0.29) is 0 Å². The van der Waals surface area contributed by atoms with Gasteiger partial charge in [-0.3, -0.25) is 0 Å². The van der Waals surface area contributed by atoms with Crippen molar-refractivity contribution in [3.63, 3.8) is 0 Å². The molecule has 0 aliphatic heterocycles. The van der Waals surface area contributed by atoms with Gasteiger partial charge in [-0.05, 0) is 45.8 Å². The zero-order valence-corrected chi connectivity index (χ0v) is 13.6. The first-order valence-corrected chi connectivity index (χ1v) is 8.10. The Hall–Kier alpha value is -0.710. The second-order valence-corrected chi connectivity index (χ2v) is 6.54. The molecule has 0 aliphatic carbocycles. The maximum absolute atomic E-state index is 5.34. The minimum atomic E-state index is 0.506. The summed E-state index contributed by atoms with van der Waals surface area (Å²) in [4.78, 5) is 1.24. The Morgan fingerprint density at radius 1 is 1.32 bits per heavy atom. The molecule has 0 atom stereocenters. The van der Waals surface area contributed by atoms with Crippen LogP contribution in [0.25, 0.3) is 0 Å². The SMILES string of the molecule is CC(C)NCc1ccc(SCc2ccco2)c(Br)c1. The van der Waals surface area contributed by atoms with Crippen molar-refractivity contribution in [2.24, 2.45) is 0 Å². The van der Waals surface area contributed by atoms with Gasteiger partial charge in [0.2, 0.25) is 0 Å². The van der Waals surface area contributed by atoms with Crippen LogP contribution in [0.5, 0.6) is 0 Å². The summed E-state index contributed by atoms with van der Waals surface area (Å²) >= 11 is 5.42. The minimum absolute atomic E-state index is 0.506. The first-order chi connectivity index (χ1) is 9.15. The molecule has 0 unspecified atom stereocenters. The van der Waals surface area contributed by atoms with Crippen LogP contribution in [0, 0.1) is 0 Å². The van der Waals surface area contributed by atoms with Crippen LogP contribution in [0.15, 0.2) is 50.4 Å². The Labute approximate surface area is 127 Å². The molecule has 0 saturated heterocycles. The molecule has 2 aromatic rings. The summed E-state index contributed by atoms with van der Waals surface area (Å²) < 4.78 is 6.48. The summed E-state index contributed by atoms with van der Waals surface area (Å²) in [6, 6.07) is 10.9. The molecule has 1 aromatic heterocycles. The molecule has 0 aliphatic rings. The Morgan fingerprint density at radius 3 is 2.79 bits per heavy atom. The monoisotopic (exact) mass is 339 g/mol. The van der Waals surface area contributed by atoms with Crippen molar-refractivity contribution in [3.8, 4) is 0 Å². The fourth-order valence-electron chi connectivity index (χ4n) is 1.64. The highest BCUT2D eigenvalue weighted by Gasteiger charge is 2.04. The number of rotatable bonds is 6. The van der Waals surface area contributed by atoms with Crippen molar-refractivity contribution in [1.29, 1.82) is 0 Å². The van der Waals surface area contributed by atoms with Crippen LogP contribution < -0.4 is 5.32 Å². The van der Waals surface area contributed by atoms with E-state index in [2.05, 4.69) is 53.3 Å². The van der Waals surface area contributed by atoms with Crippen molar-refractivity contribution in [2.45, 2.75) is 37.1 Å². The van der Waals surface area contributed by atoms with Crippen molar-refractivity contribution >= 4 is 27.7 Å². The number of nitrogens with one attached hydrogen (secondary N) is 1. The highest BCUT2D eigenvalue weighted by atomic mass is 79.9. The van der Waals surface area contributed by atoms with Gasteiger partial charge in [-0.25, -0.2) is 0 Å². The molecule has 0 spiro atoms. The predicted octanol–water partition coefficient (Wildman–Crippen LogP) is 4.83. The summed E-state index contributed by atoms with van der Waals surface area (Å²) in [6.07, 6.45) is 1.71. The molecule has 0 radical (unpaired) electrons. The predicted molar refractivity (Wildman–Crippen MR) is 84.4 cm³/mol. The molecule has 0 fully saturated rings. The van der Waals surface area contributed by atoms with Crippen LogP contribution in [-0.2, 0) is 12.3 Å². The first-order valence-electron chi connectivity index (χ1n) is 6.32. The average molecular weight is 340 g/mol. The fourth-order valence-corrected chi connectivity index (χ4v) is 3.23. The van der Waals surface area contributed by atoms with Crippen LogP contribution in [0.1, 0.15) is 25.2 Å². The molecule has 19 heavy (non-hydrogen) atoms. The third-order valence-electron chi connectivity index (χ3n) is 2.66. The summed E-state index contributed by atoms with van der Waals surface area (Å²) in [5.41, 5.74) is 1.29. The van der Waals surface area contributed by atoms with Gasteiger partial charge in [0, 0.05) is 22.0 Å². The largest absolute Gasteiger partial charge is 0.468 e. The van der Waals surface area contributed by atoms with E-state index in [1.54, 1.807) is 18.0 Å². The Kier molecular flexibility index (Phi) is 5.55. The number of hydrogen-bond acceptors (Lipinski definition) is 3. The van der Waals surface area contributed by atoms with Crippen LogP contribution >= 0.6 is 27.7 Å². The van der Waals surface area contributed by atoms with Gasteiger partial charge >= 0.3 is 0 Å². The van der Waals surface area contributed by atoms with Gasteiger partial charge in [-0.2, -0.15) is 0 Å². The molecule has 1 N–H and O–H groups in total. The molecule has 2 rings (SSSR count). The lowest BCUT2D eigenvalue weighted by Crippen LogP contribution is -2.21. The van der Waals surface area contributed by atoms with Crippen LogP contribution in [-0.4, -0.2) is 6.04 Å². The molecule has 1 heterocycles. The van der Waals surface area contributed by atoms with Gasteiger partial charge in [0.1, 0.15) is 5.76 Å². The maximum atomic E-state index is 5.34. The van der Waals surface area contributed by atoms with Gasteiger partial charge < -0.3 is 9.73 Å². The maximum Gasteiger partial charge on any atom is 0.113 e. The van der Waals surface area contributed by atoms with Crippen molar-refractivity contribution in [3.05, 3.63) is 52.4 Å². The number of benzene rings is 1. The normalized spacial score (nSPS) is 11.2. The molecule has 0 bridgehead atoms. The van der Waals surface area contributed by atoms with Crippen molar-refractivity contribution in [2.75, 3.05) is 0 Å². The number of furan rings is 1. The van der Waals surface area contributed by atoms with Gasteiger partial charge in [-0.15, -0.1) is 11.8 Å². The van der Waals surface area contributed by atoms with E-state index >= 15 is 0 Å². The topological polar surface area (TPSA) is 25.2 Å². The zero-order chi connectivity index (χ0) is 13.7. The fraction of sp³-hybridized carbons (Fsp3) is 0.333. The van der Waals surface area contributed by atoms with E-state index in [1.807, 2.05) is 12.1 Å². The first kappa shape index (κ1) is 14.7. The van der Waals surface area contributed by atoms with Gasteiger partial charge in [0.25, 0.3) is 0 Å². The smallest absolute Gasteiger partial charge is 0.113 e. The van der Waals surface area contributed by atoms with E-state index < -0.39 is 0 Å². The summed E-state index contributed by atoms with van der Waals surface area (Å²) in [5.74, 6) is 1.86. The Morgan fingerprint density at radius 2 is 2.16 bits per heavy atom. The van der Waals surface area contributed by atoms with Crippen molar-refractivity contribution < 1.29 is 4.42 Å².